The van der Waals surface area contributed by atoms with E-state index in [-0.39, 0.29) is 18.4 Å². The molecule has 0 aromatic heterocycles. The number of amides is 2. The Bertz CT molecular complexity index is 677. The third kappa shape index (κ3) is 5.70. The molecule has 1 N–H and O–H groups in total. The van der Waals surface area contributed by atoms with Crippen molar-refractivity contribution in [1.29, 1.82) is 0 Å². The minimum Gasteiger partial charge on any atom is -0.483 e. The first kappa shape index (κ1) is 19.7. The van der Waals surface area contributed by atoms with Gasteiger partial charge >= 0.3 is 0 Å². The summed E-state index contributed by atoms with van der Waals surface area (Å²) in [7, 11) is 0. The summed E-state index contributed by atoms with van der Waals surface area (Å²) >= 11 is 0. The summed E-state index contributed by atoms with van der Waals surface area (Å²) in [4.78, 5) is 28.3. The Labute approximate surface area is 161 Å². The van der Waals surface area contributed by atoms with E-state index in [0.29, 0.717) is 31.6 Å². The van der Waals surface area contributed by atoms with E-state index < -0.39 is 0 Å². The fraction of sp³-hybridized carbons (Fsp3) is 0.619. The van der Waals surface area contributed by atoms with Gasteiger partial charge in [0.25, 0.3) is 5.91 Å². The summed E-state index contributed by atoms with van der Waals surface area (Å²) in [5.74, 6) is 1.31. The number of ether oxygens (including phenoxy) is 1. The fourth-order valence-corrected chi connectivity index (χ4v) is 3.22. The van der Waals surface area contributed by atoms with Gasteiger partial charge in [0.15, 0.2) is 6.61 Å². The Hall–Kier alpha value is -2.08. The van der Waals surface area contributed by atoms with Crippen LogP contribution in [0.15, 0.2) is 18.2 Å². The molecule has 6 heteroatoms. The molecule has 1 saturated heterocycles. The lowest BCUT2D eigenvalue weighted by atomic mass is 10.0. The summed E-state index contributed by atoms with van der Waals surface area (Å²) in [6, 6.07) is 6.58. The Morgan fingerprint density at radius 1 is 1.19 bits per heavy atom. The molecule has 3 rings (SSSR count). The minimum absolute atomic E-state index is 0.00596. The molecule has 1 heterocycles. The first-order valence-electron chi connectivity index (χ1n) is 9.95. The molecule has 2 fully saturated rings. The molecule has 0 unspecified atom stereocenters. The predicted molar refractivity (Wildman–Crippen MR) is 105 cm³/mol. The van der Waals surface area contributed by atoms with Gasteiger partial charge in [-0.1, -0.05) is 26.0 Å². The molecule has 6 nitrogen and oxygen atoms in total. The third-order valence-electron chi connectivity index (χ3n) is 5.26. The maximum absolute atomic E-state index is 12.5. The van der Waals surface area contributed by atoms with Crippen LogP contribution in [0.2, 0.25) is 0 Å². The van der Waals surface area contributed by atoms with Gasteiger partial charge in [0.2, 0.25) is 5.91 Å². The van der Waals surface area contributed by atoms with Gasteiger partial charge in [-0.2, -0.15) is 0 Å². The highest BCUT2D eigenvalue weighted by molar-refractivity contribution is 5.79. The van der Waals surface area contributed by atoms with Gasteiger partial charge in [-0.25, -0.2) is 0 Å². The third-order valence-corrected chi connectivity index (χ3v) is 5.26. The molecule has 1 saturated carbocycles. The van der Waals surface area contributed by atoms with Crippen molar-refractivity contribution in [2.24, 2.45) is 0 Å². The molecular formula is C21H31N3O3. The number of piperazine rings is 1. The van der Waals surface area contributed by atoms with Gasteiger partial charge in [0.1, 0.15) is 5.75 Å². The molecule has 1 aliphatic carbocycles. The monoisotopic (exact) mass is 373 g/mol. The van der Waals surface area contributed by atoms with Crippen molar-refractivity contribution in [2.75, 3.05) is 39.3 Å². The van der Waals surface area contributed by atoms with Gasteiger partial charge in [-0.05, 0) is 42.9 Å². The van der Waals surface area contributed by atoms with Crippen LogP contribution in [-0.4, -0.2) is 67.0 Å². The van der Waals surface area contributed by atoms with Crippen molar-refractivity contribution < 1.29 is 14.3 Å². The number of carbonyl (C=O) groups is 2. The van der Waals surface area contributed by atoms with Gasteiger partial charge in [0, 0.05) is 32.2 Å². The largest absolute Gasteiger partial charge is 0.483 e. The van der Waals surface area contributed by atoms with Gasteiger partial charge < -0.3 is 15.0 Å². The molecular weight excluding hydrogens is 342 g/mol. The number of rotatable bonds is 7. The number of benzene rings is 1. The zero-order chi connectivity index (χ0) is 19.4. The molecule has 1 aliphatic heterocycles. The van der Waals surface area contributed by atoms with Crippen molar-refractivity contribution in [1.82, 2.24) is 15.1 Å². The highest BCUT2D eigenvalue weighted by atomic mass is 16.5. The van der Waals surface area contributed by atoms with E-state index in [2.05, 4.69) is 30.1 Å². The molecule has 0 atom stereocenters. The van der Waals surface area contributed by atoms with Crippen LogP contribution in [0.25, 0.3) is 0 Å². The maximum atomic E-state index is 12.5. The lowest BCUT2D eigenvalue weighted by Crippen LogP contribution is -2.52. The van der Waals surface area contributed by atoms with Crippen LogP contribution in [-0.2, 0) is 9.59 Å². The number of hydrogen-bond acceptors (Lipinski definition) is 4. The second-order valence-electron chi connectivity index (χ2n) is 7.97. The zero-order valence-corrected chi connectivity index (χ0v) is 16.7. The Morgan fingerprint density at radius 3 is 2.52 bits per heavy atom. The van der Waals surface area contributed by atoms with E-state index in [9.17, 15) is 9.59 Å². The second kappa shape index (κ2) is 8.74. The number of carbonyl (C=O) groups excluding carboxylic acids is 2. The Kier molecular flexibility index (Phi) is 6.37. The van der Waals surface area contributed by atoms with E-state index in [0.717, 1.165) is 37.2 Å². The van der Waals surface area contributed by atoms with Crippen molar-refractivity contribution in [3.05, 3.63) is 29.3 Å². The van der Waals surface area contributed by atoms with Gasteiger partial charge in [-0.15, -0.1) is 0 Å². The van der Waals surface area contributed by atoms with E-state index in [1.165, 1.54) is 5.56 Å². The Morgan fingerprint density at radius 2 is 1.89 bits per heavy atom. The fourth-order valence-electron chi connectivity index (χ4n) is 3.22. The quantitative estimate of drug-likeness (QED) is 0.793. The molecule has 27 heavy (non-hydrogen) atoms. The first-order valence-corrected chi connectivity index (χ1v) is 9.95. The average molecular weight is 373 g/mol. The molecule has 1 aromatic rings. The summed E-state index contributed by atoms with van der Waals surface area (Å²) in [6.45, 7) is 9.51. The van der Waals surface area contributed by atoms with Crippen molar-refractivity contribution in [2.45, 2.75) is 45.6 Å². The second-order valence-corrected chi connectivity index (χ2v) is 7.97. The molecule has 0 spiro atoms. The van der Waals surface area contributed by atoms with Crippen molar-refractivity contribution in [3.63, 3.8) is 0 Å². The highest BCUT2D eigenvalue weighted by Gasteiger charge is 2.26. The number of nitrogens with one attached hydrogen (secondary N) is 1. The lowest BCUT2D eigenvalue weighted by molar-refractivity contribution is -0.135. The normalized spacial score (nSPS) is 17.9. The Balaban J connectivity index is 1.43. The van der Waals surface area contributed by atoms with E-state index in [4.69, 9.17) is 4.74 Å². The summed E-state index contributed by atoms with van der Waals surface area (Å²) in [6.07, 6.45) is 2.21. The van der Waals surface area contributed by atoms with Crippen LogP contribution in [0.1, 0.15) is 43.7 Å². The molecule has 2 aliphatic rings. The van der Waals surface area contributed by atoms with E-state index >= 15 is 0 Å². The topological polar surface area (TPSA) is 61.9 Å². The van der Waals surface area contributed by atoms with Crippen LogP contribution < -0.4 is 10.1 Å². The van der Waals surface area contributed by atoms with Crippen LogP contribution >= 0.6 is 0 Å². The first-order chi connectivity index (χ1) is 12.9. The molecule has 1 aromatic carbocycles. The maximum Gasteiger partial charge on any atom is 0.260 e. The van der Waals surface area contributed by atoms with Gasteiger partial charge in [0.05, 0.1) is 6.54 Å². The minimum atomic E-state index is 0.00596. The van der Waals surface area contributed by atoms with Crippen LogP contribution in [0.3, 0.4) is 0 Å². The predicted octanol–water partition coefficient (Wildman–Crippen LogP) is 1.92. The van der Waals surface area contributed by atoms with Crippen LogP contribution in [0.5, 0.6) is 5.75 Å². The number of nitrogens with zero attached hydrogens (tertiary/aromatic N) is 2. The van der Waals surface area contributed by atoms with Crippen LogP contribution in [0, 0.1) is 6.92 Å². The summed E-state index contributed by atoms with van der Waals surface area (Å²) < 4.78 is 5.82. The van der Waals surface area contributed by atoms with E-state index in [1.807, 2.05) is 24.0 Å². The number of aryl methyl sites for hydroxylation is 1. The van der Waals surface area contributed by atoms with Gasteiger partial charge in [-0.3, -0.25) is 14.5 Å². The van der Waals surface area contributed by atoms with Crippen molar-refractivity contribution in [3.8, 4) is 5.75 Å². The SMILES string of the molecule is Cc1ccc(C(C)C)cc1OCC(=O)N1CCN(CC(=O)NC2CC2)CC1. The number of hydrogen-bond donors (Lipinski definition) is 1. The molecule has 2 amide bonds. The van der Waals surface area contributed by atoms with Crippen molar-refractivity contribution >= 4 is 11.8 Å². The smallest absolute Gasteiger partial charge is 0.260 e. The lowest BCUT2D eigenvalue weighted by Gasteiger charge is -2.34. The molecule has 148 valence electrons. The molecule has 0 bridgehead atoms. The summed E-state index contributed by atoms with van der Waals surface area (Å²) in [5.41, 5.74) is 2.25. The highest BCUT2D eigenvalue weighted by Crippen LogP contribution is 2.24. The average Bonchev–Trinajstić information content (AvgIpc) is 3.45. The van der Waals surface area contributed by atoms with E-state index in [1.54, 1.807) is 0 Å². The molecule has 0 radical (unpaired) electrons. The summed E-state index contributed by atoms with van der Waals surface area (Å²) in [5, 5.41) is 3.01. The van der Waals surface area contributed by atoms with Crippen LogP contribution in [0.4, 0.5) is 0 Å². The standard InChI is InChI=1S/C21H31N3O3/c1-15(2)17-5-4-16(3)19(12-17)27-14-21(26)24-10-8-23(9-11-24)13-20(25)22-18-6-7-18/h4-5,12,15,18H,6-11,13-14H2,1-3H3,(H,22,25). The zero-order valence-electron chi connectivity index (χ0n) is 16.7.